The molecule has 82 valence electrons. The zero-order valence-electron chi connectivity index (χ0n) is 8.82. The Morgan fingerprint density at radius 3 is 2.80 bits per heavy atom. The molecule has 0 aliphatic heterocycles. The molecular formula is C10H14N2O2S. The van der Waals surface area contributed by atoms with Gasteiger partial charge in [0.25, 0.3) is 0 Å². The van der Waals surface area contributed by atoms with Gasteiger partial charge in [-0.3, -0.25) is 0 Å². The molecule has 1 rings (SSSR count). The van der Waals surface area contributed by atoms with Crippen LogP contribution in [0.5, 0.6) is 0 Å². The van der Waals surface area contributed by atoms with Crippen LogP contribution in [0.2, 0.25) is 0 Å². The molecule has 4 nitrogen and oxygen atoms in total. The normalized spacial score (nSPS) is 10.5. The van der Waals surface area contributed by atoms with Crippen LogP contribution in [0.1, 0.15) is 10.4 Å². The van der Waals surface area contributed by atoms with E-state index in [9.17, 15) is 0 Å². The van der Waals surface area contributed by atoms with Crippen LogP contribution in [-0.2, 0) is 16.0 Å². The van der Waals surface area contributed by atoms with Crippen LogP contribution >= 0.6 is 11.3 Å². The quantitative estimate of drug-likeness (QED) is 0.743. The summed E-state index contributed by atoms with van der Waals surface area (Å²) < 4.78 is 10.1. The molecule has 0 aliphatic carbocycles. The molecule has 1 N–H and O–H groups in total. The first-order chi connectivity index (χ1) is 7.30. The van der Waals surface area contributed by atoms with E-state index in [1.807, 2.05) is 11.4 Å². The van der Waals surface area contributed by atoms with Gasteiger partial charge in [0.2, 0.25) is 0 Å². The monoisotopic (exact) mass is 226 g/mol. The molecule has 0 bridgehead atoms. The van der Waals surface area contributed by atoms with Crippen molar-refractivity contribution in [1.29, 1.82) is 5.26 Å². The number of nitrogens with zero attached hydrogens (tertiary/aromatic N) is 1. The van der Waals surface area contributed by atoms with Crippen LogP contribution in [0.15, 0.2) is 11.4 Å². The van der Waals surface area contributed by atoms with Crippen molar-refractivity contribution in [2.24, 2.45) is 0 Å². The van der Waals surface area contributed by atoms with Crippen LogP contribution in [-0.4, -0.2) is 27.1 Å². The lowest BCUT2D eigenvalue weighted by Crippen LogP contribution is -2.29. The summed E-state index contributed by atoms with van der Waals surface area (Å²) in [5, 5.41) is 13.7. The molecule has 0 saturated heterocycles. The van der Waals surface area contributed by atoms with E-state index in [-0.39, 0.29) is 6.29 Å². The highest BCUT2D eigenvalue weighted by Gasteiger charge is 2.04. The summed E-state index contributed by atoms with van der Waals surface area (Å²) in [7, 11) is 3.21. The van der Waals surface area contributed by atoms with E-state index < -0.39 is 0 Å². The lowest BCUT2D eigenvalue weighted by atomic mass is 10.3. The summed E-state index contributed by atoms with van der Waals surface area (Å²) in [5.74, 6) is 0. The van der Waals surface area contributed by atoms with Gasteiger partial charge in [0.15, 0.2) is 6.29 Å². The van der Waals surface area contributed by atoms with Gasteiger partial charge in [-0.2, -0.15) is 5.26 Å². The second-order valence-electron chi connectivity index (χ2n) is 2.95. The van der Waals surface area contributed by atoms with E-state index >= 15 is 0 Å². The van der Waals surface area contributed by atoms with Crippen molar-refractivity contribution in [1.82, 2.24) is 5.32 Å². The fourth-order valence-electron chi connectivity index (χ4n) is 1.11. The minimum atomic E-state index is -0.222. The Hall–Kier alpha value is -0.930. The van der Waals surface area contributed by atoms with Gasteiger partial charge in [-0.1, -0.05) is 0 Å². The number of nitriles is 1. The molecule has 1 heterocycles. The summed E-state index contributed by atoms with van der Waals surface area (Å²) in [4.78, 5) is 1.14. The predicted molar refractivity (Wildman–Crippen MR) is 58.5 cm³/mol. The Bertz CT molecular complexity index is 328. The van der Waals surface area contributed by atoms with Crippen molar-refractivity contribution in [2.45, 2.75) is 12.8 Å². The molecule has 1 aromatic heterocycles. The van der Waals surface area contributed by atoms with Gasteiger partial charge in [-0.25, -0.2) is 0 Å². The minimum Gasteiger partial charge on any atom is -0.355 e. The summed E-state index contributed by atoms with van der Waals surface area (Å²) in [6.45, 7) is 1.36. The topological polar surface area (TPSA) is 54.3 Å². The number of nitrogens with one attached hydrogen (secondary N) is 1. The van der Waals surface area contributed by atoms with Gasteiger partial charge >= 0.3 is 0 Å². The molecule has 5 heteroatoms. The van der Waals surface area contributed by atoms with Crippen LogP contribution in [0.4, 0.5) is 0 Å². The van der Waals surface area contributed by atoms with Crippen molar-refractivity contribution >= 4 is 11.3 Å². The largest absolute Gasteiger partial charge is 0.355 e. The fraction of sp³-hybridized carbons (Fsp3) is 0.500. The molecule has 0 saturated carbocycles. The number of rotatable bonds is 6. The Balaban J connectivity index is 2.28. The maximum atomic E-state index is 8.64. The molecular weight excluding hydrogens is 212 g/mol. The standard InChI is InChI=1S/C10H14N2O2S/c1-13-10(14-2)6-12-5-9-3-8(4-11)7-15-9/h3,7,10,12H,5-6H2,1-2H3. The fourth-order valence-corrected chi connectivity index (χ4v) is 1.89. The van der Waals surface area contributed by atoms with E-state index in [0.29, 0.717) is 12.1 Å². The molecule has 15 heavy (non-hydrogen) atoms. The summed E-state index contributed by atoms with van der Waals surface area (Å²) in [6.07, 6.45) is -0.222. The van der Waals surface area contributed by atoms with Crippen molar-refractivity contribution in [3.05, 3.63) is 21.9 Å². The van der Waals surface area contributed by atoms with Gasteiger partial charge in [0.05, 0.1) is 5.56 Å². The van der Waals surface area contributed by atoms with Crippen molar-refractivity contribution in [2.75, 3.05) is 20.8 Å². The zero-order valence-corrected chi connectivity index (χ0v) is 9.63. The maximum absolute atomic E-state index is 8.64. The van der Waals surface area contributed by atoms with Crippen LogP contribution < -0.4 is 5.32 Å². The summed E-state index contributed by atoms with van der Waals surface area (Å²) in [6, 6.07) is 3.98. The van der Waals surface area contributed by atoms with Gasteiger partial charge in [-0.15, -0.1) is 11.3 Å². The zero-order chi connectivity index (χ0) is 11.1. The van der Waals surface area contributed by atoms with Gasteiger partial charge in [-0.05, 0) is 6.07 Å². The number of thiophene rings is 1. The van der Waals surface area contributed by atoms with Crippen LogP contribution in [0.25, 0.3) is 0 Å². The SMILES string of the molecule is COC(CNCc1cc(C#N)cs1)OC. The van der Waals surface area contributed by atoms with Crippen molar-refractivity contribution in [3.63, 3.8) is 0 Å². The second kappa shape index (κ2) is 6.53. The smallest absolute Gasteiger partial charge is 0.169 e. The first-order valence-corrected chi connectivity index (χ1v) is 5.42. The van der Waals surface area contributed by atoms with Gasteiger partial charge in [0, 0.05) is 37.6 Å². The molecule has 0 unspecified atom stereocenters. The van der Waals surface area contributed by atoms with Crippen LogP contribution in [0.3, 0.4) is 0 Å². The Kier molecular flexibility index (Phi) is 5.29. The van der Waals surface area contributed by atoms with E-state index in [4.69, 9.17) is 14.7 Å². The van der Waals surface area contributed by atoms with E-state index in [2.05, 4.69) is 11.4 Å². The van der Waals surface area contributed by atoms with Crippen molar-refractivity contribution < 1.29 is 9.47 Å². The highest BCUT2D eigenvalue weighted by atomic mass is 32.1. The Labute approximate surface area is 93.4 Å². The number of hydrogen-bond acceptors (Lipinski definition) is 5. The highest BCUT2D eigenvalue weighted by molar-refractivity contribution is 7.10. The maximum Gasteiger partial charge on any atom is 0.169 e. The van der Waals surface area contributed by atoms with Gasteiger partial charge in [0.1, 0.15) is 6.07 Å². The third kappa shape index (κ3) is 3.98. The number of hydrogen-bond donors (Lipinski definition) is 1. The van der Waals surface area contributed by atoms with Crippen molar-refractivity contribution in [3.8, 4) is 6.07 Å². The van der Waals surface area contributed by atoms with E-state index in [1.54, 1.807) is 25.6 Å². The van der Waals surface area contributed by atoms with Gasteiger partial charge < -0.3 is 14.8 Å². The molecule has 0 atom stereocenters. The highest BCUT2D eigenvalue weighted by Crippen LogP contribution is 2.13. The second-order valence-corrected chi connectivity index (χ2v) is 3.94. The van der Waals surface area contributed by atoms with E-state index in [0.717, 1.165) is 11.4 Å². The average molecular weight is 226 g/mol. The summed E-state index contributed by atoms with van der Waals surface area (Å²) >= 11 is 1.57. The predicted octanol–water partition coefficient (Wildman–Crippen LogP) is 1.33. The first kappa shape index (κ1) is 12.1. The molecule has 1 aromatic rings. The lowest BCUT2D eigenvalue weighted by molar-refractivity contribution is -0.0988. The number of ether oxygens (including phenoxy) is 2. The molecule has 0 aromatic carbocycles. The molecule has 0 aliphatic rings. The molecule has 0 spiro atoms. The molecule has 0 radical (unpaired) electrons. The first-order valence-electron chi connectivity index (χ1n) is 4.54. The molecule has 0 fully saturated rings. The molecule has 0 amide bonds. The number of methoxy groups -OCH3 is 2. The minimum absolute atomic E-state index is 0.222. The average Bonchev–Trinajstić information content (AvgIpc) is 2.72. The summed E-state index contributed by atoms with van der Waals surface area (Å²) in [5.41, 5.74) is 0.715. The third-order valence-electron chi connectivity index (χ3n) is 1.92. The lowest BCUT2D eigenvalue weighted by Gasteiger charge is -2.13. The van der Waals surface area contributed by atoms with E-state index in [1.165, 1.54) is 0 Å². The van der Waals surface area contributed by atoms with Crippen LogP contribution in [0, 0.1) is 11.3 Å². The third-order valence-corrected chi connectivity index (χ3v) is 2.86. The Morgan fingerprint density at radius 1 is 1.53 bits per heavy atom. The Morgan fingerprint density at radius 2 is 2.27 bits per heavy atom.